The fourth-order valence-corrected chi connectivity index (χ4v) is 3.97. The Labute approximate surface area is 159 Å². The molecule has 4 nitrogen and oxygen atoms in total. The van der Waals surface area contributed by atoms with Crippen LogP contribution in [0.3, 0.4) is 0 Å². The van der Waals surface area contributed by atoms with Gasteiger partial charge in [0, 0.05) is 18.1 Å². The first kappa shape index (κ1) is 20.9. The molecular weight excluding hydrogens is 320 g/mol. The fourth-order valence-electron chi connectivity index (χ4n) is 3.97. The first-order valence-electron chi connectivity index (χ1n) is 10.1. The van der Waals surface area contributed by atoms with E-state index >= 15 is 0 Å². The van der Waals surface area contributed by atoms with Crippen LogP contribution in [0.2, 0.25) is 0 Å². The van der Waals surface area contributed by atoms with E-state index in [1.165, 1.54) is 24.8 Å². The summed E-state index contributed by atoms with van der Waals surface area (Å²) >= 11 is 0. The largest absolute Gasteiger partial charge is 0.329 e. The Balaban J connectivity index is 1.83. The molecule has 4 atom stereocenters. The molecule has 0 aromatic heterocycles. The molecule has 1 heterocycles. The van der Waals surface area contributed by atoms with E-state index in [4.69, 9.17) is 11.0 Å². The first-order chi connectivity index (χ1) is 12.5. The molecule has 0 radical (unpaired) electrons. The summed E-state index contributed by atoms with van der Waals surface area (Å²) in [4.78, 5) is 2.45. The van der Waals surface area contributed by atoms with Crippen molar-refractivity contribution >= 4 is 0 Å². The summed E-state index contributed by atoms with van der Waals surface area (Å²) in [6.07, 6.45) is 4.14. The Morgan fingerprint density at radius 2 is 2.00 bits per heavy atom. The Morgan fingerprint density at radius 3 is 2.65 bits per heavy atom. The van der Waals surface area contributed by atoms with E-state index in [-0.39, 0.29) is 5.54 Å². The summed E-state index contributed by atoms with van der Waals surface area (Å²) in [7, 11) is 0. The summed E-state index contributed by atoms with van der Waals surface area (Å²) in [5.74, 6) is 1.21. The van der Waals surface area contributed by atoms with Crippen LogP contribution in [0.5, 0.6) is 0 Å². The zero-order chi connectivity index (χ0) is 19.0. The van der Waals surface area contributed by atoms with E-state index in [2.05, 4.69) is 67.4 Å². The summed E-state index contributed by atoms with van der Waals surface area (Å²) in [5.41, 5.74) is 7.21. The summed E-state index contributed by atoms with van der Waals surface area (Å²) in [6, 6.07) is 13.5. The minimum Gasteiger partial charge on any atom is -0.329 e. The first-order valence-corrected chi connectivity index (χ1v) is 10.1. The van der Waals surface area contributed by atoms with Crippen molar-refractivity contribution in [3.05, 3.63) is 35.9 Å². The molecule has 4 unspecified atom stereocenters. The minimum atomic E-state index is -0.174. The predicted octanol–water partition coefficient (Wildman–Crippen LogP) is 3.50. The maximum absolute atomic E-state index is 9.13. The third-order valence-corrected chi connectivity index (χ3v) is 6.31. The van der Waals surface area contributed by atoms with Gasteiger partial charge in [0.2, 0.25) is 0 Å². The van der Waals surface area contributed by atoms with Gasteiger partial charge in [-0.2, -0.15) is 5.26 Å². The molecule has 1 aliphatic heterocycles. The van der Waals surface area contributed by atoms with Crippen LogP contribution in [0, 0.1) is 17.2 Å². The molecule has 4 heteroatoms. The number of hydrogen-bond donors (Lipinski definition) is 2. The highest BCUT2D eigenvalue weighted by Crippen LogP contribution is 2.26. The molecule has 3 N–H and O–H groups in total. The van der Waals surface area contributed by atoms with Gasteiger partial charge in [0.15, 0.2) is 0 Å². The number of likely N-dealkylation sites (tertiary alicyclic amines) is 1. The van der Waals surface area contributed by atoms with Crippen LogP contribution in [0.25, 0.3) is 0 Å². The molecule has 1 aliphatic rings. The Kier molecular flexibility index (Phi) is 8.09. The number of nitrogens with two attached hydrogens (primary N) is 1. The van der Waals surface area contributed by atoms with Gasteiger partial charge in [0.1, 0.15) is 0 Å². The predicted molar refractivity (Wildman–Crippen MR) is 109 cm³/mol. The lowest BCUT2D eigenvalue weighted by molar-refractivity contribution is 0.117. The molecule has 0 aliphatic carbocycles. The van der Waals surface area contributed by atoms with Gasteiger partial charge < -0.3 is 11.1 Å². The van der Waals surface area contributed by atoms with Crippen LogP contribution in [0.15, 0.2) is 30.3 Å². The number of nitriles is 1. The number of nitrogens with zero attached hydrogens (tertiary/aromatic N) is 2. The summed E-state index contributed by atoms with van der Waals surface area (Å²) < 4.78 is 0. The molecule has 1 aromatic carbocycles. The van der Waals surface area contributed by atoms with Crippen molar-refractivity contribution in [3.63, 3.8) is 0 Å². The van der Waals surface area contributed by atoms with Crippen molar-refractivity contribution in [3.8, 4) is 6.07 Å². The Morgan fingerprint density at radius 1 is 1.27 bits per heavy atom. The average molecular weight is 357 g/mol. The second-order valence-corrected chi connectivity index (χ2v) is 8.22. The third-order valence-electron chi connectivity index (χ3n) is 6.31. The molecule has 1 aromatic rings. The second-order valence-electron chi connectivity index (χ2n) is 8.22. The van der Waals surface area contributed by atoms with Crippen LogP contribution in [0.1, 0.15) is 57.9 Å². The molecule has 26 heavy (non-hydrogen) atoms. The van der Waals surface area contributed by atoms with Crippen LogP contribution in [-0.4, -0.2) is 42.7 Å². The highest BCUT2D eigenvalue weighted by Gasteiger charge is 2.32. The summed E-state index contributed by atoms with van der Waals surface area (Å²) in [6.45, 7) is 10.5. The van der Waals surface area contributed by atoms with E-state index in [0.717, 1.165) is 19.6 Å². The zero-order valence-electron chi connectivity index (χ0n) is 16.7. The van der Waals surface area contributed by atoms with Crippen LogP contribution >= 0.6 is 0 Å². The monoisotopic (exact) mass is 356 g/mol. The van der Waals surface area contributed by atoms with Gasteiger partial charge in [-0.15, -0.1) is 0 Å². The van der Waals surface area contributed by atoms with Crippen LogP contribution in [-0.2, 0) is 0 Å². The SMILES string of the molecule is CC(NCC1CCCN(C(C)(CN)CC#N)CC1)C(C)c1ccccc1. The molecule has 1 saturated heterocycles. The van der Waals surface area contributed by atoms with Gasteiger partial charge in [-0.3, -0.25) is 4.90 Å². The third kappa shape index (κ3) is 5.54. The molecule has 2 rings (SSSR count). The van der Waals surface area contributed by atoms with Crippen molar-refractivity contribution in [1.29, 1.82) is 5.26 Å². The standard InChI is InChI=1S/C22H36N4/c1-18(21-9-5-4-6-10-21)19(2)25-16-20-8-7-14-26(15-11-20)22(3,17-24)12-13-23/h4-6,9-10,18-20,25H,7-8,11-12,14-17,24H2,1-3H3. The normalized spacial score (nSPS) is 23.4. The molecule has 0 spiro atoms. The lowest BCUT2D eigenvalue weighted by atomic mass is 9.93. The maximum atomic E-state index is 9.13. The van der Waals surface area contributed by atoms with Gasteiger partial charge in [0.05, 0.1) is 12.5 Å². The zero-order valence-corrected chi connectivity index (χ0v) is 16.7. The topological polar surface area (TPSA) is 65.1 Å². The van der Waals surface area contributed by atoms with Gasteiger partial charge in [0.25, 0.3) is 0 Å². The van der Waals surface area contributed by atoms with Crippen LogP contribution < -0.4 is 11.1 Å². The summed E-state index contributed by atoms with van der Waals surface area (Å²) in [5, 5.41) is 12.9. The van der Waals surface area contributed by atoms with Crippen molar-refractivity contribution in [2.45, 2.75) is 64.0 Å². The molecule has 0 bridgehead atoms. The molecule has 0 amide bonds. The highest BCUT2D eigenvalue weighted by atomic mass is 15.2. The van der Waals surface area contributed by atoms with Crippen molar-refractivity contribution in [2.75, 3.05) is 26.2 Å². The van der Waals surface area contributed by atoms with E-state index < -0.39 is 0 Å². The van der Waals surface area contributed by atoms with Gasteiger partial charge in [-0.25, -0.2) is 0 Å². The van der Waals surface area contributed by atoms with Crippen molar-refractivity contribution in [1.82, 2.24) is 10.2 Å². The fraction of sp³-hybridized carbons (Fsp3) is 0.682. The number of benzene rings is 1. The van der Waals surface area contributed by atoms with E-state index in [1.54, 1.807) is 0 Å². The number of rotatable bonds is 8. The van der Waals surface area contributed by atoms with Crippen molar-refractivity contribution < 1.29 is 0 Å². The smallest absolute Gasteiger partial charge is 0.0641 e. The lowest BCUT2D eigenvalue weighted by Crippen LogP contribution is -2.51. The number of hydrogen-bond acceptors (Lipinski definition) is 4. The molecular formula is C22H36N4. The van der Waals surface area contributed by atoms with E-state index in [1.807, 2.05) is 0 Å². The lowest BCUT2D eigenvalue weighted by Gasteiger charge is -2.38. The van der Waals surface area contributed by atoms with Gasteiger partial charge >= 0.3 is 0 Å². The maximum Gasteiger partial charge on any atom is 0.0641 e. The minimum absolute atomic E-state index is 0.174. The molecule has 1 fully saturated rings. The van der Waals surface area contributed by atoms with Crippen molar-refractivity contribution in [2.24, 2.45) is 11.7 Å². The molecule has 144 valence electrons. The highest BCUT2D eigenvalue weighted by molar-refractivity contribution is 5.20. The van der Waals surface area contributed by atoms with Gasteiger partial charge in [-0.1, -0.05) is 37.3 Å². The number of nitrogens with one attached hydrogen (secondary N) is 1. The van der Waals surface area contributed by atoms with Gasteiger partial charge in [-0.05, 0) is 70.1 Å². The van der Waals surface area contributed by atoms with Crippen LogP contribution in [0.4, 0.5) is 0 Å². The Hall–Kier alpha value is -1.41. The quantitative estimate of drug-likeness (QED) is 0.748. The second kappa shape index (κ2) is 10.1. The Bertz CT molecular complexity index is 567. The molecule has 0 saturated carbocycles. The van der Waals surface area contributed by atoms with E-state index in [0.29, 0.717) is 30.8 Å². The van der Waals surface area contributed by atoms with E-state index in [9.17, 15) is 0 Å². The average Bonchev–Trinajstić information content (AvgIpc) is 2.92.